The highest BCUT2D eigenvalue weighted by Gasteiger charge is 2.11. The van der Waals surface area contributed by atoms with Gasteiger partial charge in [0.25, 0.3) is 6.43 Å². The molecule has 3 heteroatoms. The van der Waals surface area contributed by atoms with Crippen LogP contribution in [0.5, 0.6) is 0 Å². The lowest BCUT2D eigenvalue weighted by atomic mass is 10.1. The summed E-state index contributed by atoms with van der Waals surface area (Å²) in [4.78, 5) is 0. The van der Waals surface area contributed by atoms with E-state index in [1.54, 1.807) is 6.07 Å². The first kappa shape index (κ1) is 9.46. The number of alkyl halides is 2. The Labute approximate surface area is 75.2 Å². The normalized spacial score (nSPS) is 10.8. The third-order valence-electron chi connectivity index (χ3n) is 1.70. The Morgan fingerprint density at radius 2 is 2.08 bits per heavy atom. The van der Waals surface area contributed by atoms with Crippen molar-refractivity contribution in [3.63, 3.8) is 0 Å². The Morgan fingerprint density at radius 1 is 1.42 bits per heavy atom. The highest BCUT2D eigenvalue weighted by molar-refractivity contribution is 6.31. The van der Waals surface area contributed by atoms with E-state index in [1.807, 2.05) is 6.92 Å². The van der Waals surface area contributed by atoms with E-state index in [0.29, 0.717) is 0 Å². The quantitative estimate of drug-likeness (QED) is 0.665. The molecular formula is C9H9ClF2. The molecule has 1 aromatic rings. The van der Waals surface area contributed by atoms with E-state index in [1.165, 1.54) is 12.1 Å². The zero-order valence-corrected chi connectivity index (χ0v) is 7.41. The summed E-state index contributed by atoms with van der Waals surface area (Å²) < 4.78 is 24.5. The first-order chi connectivity index (χ1) is 5.65. The molecule has 0 atom stereocenters. The molecule has 0 saturated carbocycles. The van der Waals surface area contributed by atoms with Crippen LogP contribution < -0.4 is 0 Å². The number of rotatable bonds is 2. The summed E-state index contributed by atoms with van der Waals surface area (Å²) in [6, 6.07) is 4.73. The maximum absolute atomic E-state index is 12.3. The summed E-state index contributed by atoms with van der Waals surface area (Å²) in [6.07, 6.45) is -1.74. The van der Waals surface area contributed by atoms with Crippen molar-refractivity contribution in [3.05, 3.63) is 34.3 Å². The van der Waals surface area contributed by atoms with Crippen LogP contribution in [-0.4, -0.2) is 0 Å². The molecule has 0 bridgehead atoms. The van der Waals surface area contributed by atoms with Crippen molar-refractivity contribution < 1.29 is 8.78 Å². The van der Waals surface area contributed by atoms with Gasteiger partial charge in [0.15, 0.2) is 0 Å². The molecule has 0 aliphatic carbocycles. The molecule has 0 radical (unpaired) electrons. The first-order valence-corrected chi connectivity index (χ1v) is 4.09. The Bertz CT molecular complexity index is 271. The van der Waals surface area contributed by atoms with Crippen LogP contribution in [0.1, 0.15) is 24.5 Å². The Morgan fingerprint density at radius 3 is 2.58 bits per heavy atom. The smallest absolute Gasteiger partial charge is 0.205 e. The molecule has 0 aliphatic heterocycles. The van der Waals surface area contributed by atoms with Crippen LogP contribution in [0.2, 0.25) is 5.02 Å². The van der Waals surface area contributed by atoms with Gasteiger partial charge < -0.3 is 0 Å². The first-order valence-electron chi connectivity index (χ1n) is 3.71. The van der Waals surface area contributed by atoms with Crippen molar-refractivity contribution >= 4 is 11.6 Å². The molecular weight excluding hydrogens is 182 g/mol. The molecule has 0 spiro atoms. The van der Waals surface area contributed by atoms with Crippen molar-refractivity contribution in [1.82, 2.24) is 0 Å². The number of hydrogen-bond acceptors (Lipinski definition) is 0. The second-order valence-corrected chi connectivity index (χ2v) is 2.92. The highest BCUT2D eigenvalue weighted by Crippen LogP contribution is 2.27. The Hall–Kier alpha value is -0.630. The maximum Gasteiger partial charge on any atom is 0.265 e. The fourth-order valence-electron chi connectivity index (χ4n) is 0.980. The van der Waals surface area contributed by atoms with Crippen LogP contribution in [0.4, 0.5) is 8.78 Å². The van der Waals surface area contributed by atoms with Gasteiger partial charge in [-0.05, 0) is 24.1 Å². The number of hydrogen-bond donors (Lipinski definition) is 0. The van der Waals surface area contributed by atoms with Gasteiger partial charge >= 0.3 is 0 Å². The van der Waals surface area contributed by atoms with E-state index in [4.69, 9.17) is 11.6 Å². The third-order valence-corrected chi connectivity index (χ3v) is 2.05. The summed E-state index contributed by atoms with van der Waals surface area (Å²) >= 11 is 5.57. The average molecular weight is 191 g/mol. The second kappa shape index (κ2) is 3.85. The van der Waals surface area contributed by atoms with Crippen molar-refractivity contribution in [2.75, 3.05) is 0 Å². The van der Waals surface area contributed by atoms with E-state index in [0.717, 1.165) is 12.0 Å². The predicted molar refractivity (Wildman–Crippen MR) is 45.8 cm³/mol. The van der Waals surface area contributed by atoms with Gasteiger partial charge in [-0.2, -0.15) is 0 Å². The second-order valence-electron chi connectivity index (χ2n) is 2.51. The Kier molecular flexibility index (Phi) is 3.04. The predicted octanol–water partition coefficient (Wildman–Crippen LogP) is 3.84. The van der Waals surface area contributed by atoms with Gasteiger partial charge in [-0.3, -0.25) is 0 Å². The van der Waals surface area contributed by atoms with Crippen LogP contribution in [-0.2, 0) is 6.42 Å². The number of benzene rings is 1. The molecule has 0 unspecified atom stereocenters. The van der Waals surface area contributed by atoms with Gasteiger partial charge in [0, 0.05) is 10.6 Å². The molecule has 0 aliphatic rings. The van der Waals surface area contributed by atoms with Crippen molar-refractivity contribution in [3.8, 4) is 0 Å². The lowest BCUT2D eigenvalue weighted by Gasteiger charge is -2.04. The summed E-state index contributed by atoms with van der Waals surface area (Å²) in [5.41, 5.74) is 0.811. The molecule has 66 valence electrons. The van der Waals surface area contributed by atoms with Crippen molar-refractivity contribution in [1.29, 1.82) is 0 Å². The van der Waals surface area contributed by atoms with Gasteiger partial charge in [-0.15, -0.1) is 0 Å². The van der Waals surface area contributed by atoms with E-state index in [9.17, 15) is 8.78 Å². The topological polar surface area (TPSA) is 0 Å². The molecule has 0 saturated heterocycles. The molecule has 0 heterocycles. The summed E-state index contributed by atoms with van der Waals surface area (Å²) in [5, 5.41) is 0.141. The third kappa shape index (κ3) is 1.95. The van der Waals surface area contributed by atoms with Gasteiger partial charge in [-0.1, -0.05) is 24.6 Å². The van der Waals surface area contributed by atoms with Gasteiger partial charge in [0.2, 0.25) is 0 Å². The zero-order valence-electron chi connectivity index (χ0n) is 6.65. The van der Waals surface area contributed by atoms with Crippen molar-refractivity contribution in [2.45, 2.75) is 19.8 Å². The minimum atomic E-state index is -2.48. The largest absolute Gasteiger partial charge is 0.265 e. The molecule has 0 aromatic heterocycles. The van der Waals surface area contributed by atoms with Crippen LogP contribution in [0.15, 0.2) is 18.2 Å². The average Bonchev–Trinajstić information content (AvgIpc) is 2.05. The van der Waals surface area contributed by atoms with E-state index >= 15 is 0 Å². The van der Waals surface area contributed by atoms with Crippen LogP contribution in [0, 0.1) is 0 Å². The van der Waals surface area contributed by atoms with Crippen LogP contribution in [0.3, 0.4) is 0 Å². The van der Waals surface area contributed by atoms with Crippen LogP contribution >= 0.6 is 11.6 Å². The lowest BCUT2D eigenvalue weighted by molar-refractivity contribution is 0.151. The molecule has 1 aromatic carbocycles. The number of aryl methyl sites for hydroxylation is 1. The molecule has 0 amide bonds. The van der Waals surface area contributed by atoms with Gasteiger partial charge in [0.1, 0.15) is 0 Å². The zero-order chi connectivity index (χ0) is 9.14. The number of halogens is 3. The minimum absolute atomic E-state index is 0.0731. The monoisotopic (exact) mass is 190 g/mol. The fraction of sp³-hybridized carbons (Fsp3) is 0.333. The van der Waals surface area contributed by atoms with Crippen molar-refractivity contribution in [2.24, 2.45) is 0 Å². The summed E-state index contributed by atoms with van der Waals surface area (Å²) in [6.45, 7) is 1.92. The maximum atomic E-state index is 12.3. The Balaban J connectivity index is 3.08. The standard InChI is InChI=1S/C9H9ClF2/c1-2-6-3-4-8(10)7(5-6)9(11)12/h3-5,9H,2H2,1H3. The van der Waals surface area contributed by atoms with Gasteiger partial charge in [0.05, 0.1) is 0 Å². The minimum Gasteiger partial charge on any atom is -0.205 e. The molecule has 0 N–H and O–H groups in total. The molecule has 12 heavy (non-hydrogen) atoms. The molecule has 0 nitrogen and oxygen atoms in total. The summed E-state index contributed by atoms with van der Waals surface area (Å²) in [5.74, 6) is 0. The van der Waals surface area contributed by atoms with Crippen LogP contribution in [0.25, 0.3) is 0 Å². The molecule has 1 rings (SSSR count). The van der Waals surface area contributed by atoms with E-state index in [-0.39, 0.29) is 10.6 Å². The van der Waals surface area contributed by atoms with E-state index in [2.05, 4.69) is 0 Å². The summed E-state index contributed by atoms with van der Waals surface area (Å²) in [7, 11) is 0. The SMILES string of the molecule is CCc1ccc(Cl)c(C(F)F)c1. The van der Waals surface area contributed by atoms with Gasteiger partial charge in [-0.25, -0.2) is 8.78 Å². The lowest BCUT2D eigenvalue weighted by Crippen LogP contribution is -1.88. The van der Waals surface area contributed by atoms with E-state index < -0.39 is 6.43 Å². The highest BCUT2D eigenvalue weighted by atomic mass is 35.5. The molecule has 0 fully saturated rings. The fourth-order valence-corrected chi connectivity index (χ4v) is 1.18.